The summed E-state index contributed by atoms with van der Waals surface area (Å²) in [6, 6.07) is 4.24. The summed E-state index contributed by atoms with van der Waals surface area (Å²) >= 11 is 1.34. The lowest BCUT2D eigenvalue weighted by molar-refractivity contribution is -0.133. The predicted octanol–water partition coefficient (Wildman–Crippen LogP) is 4.08. The minimum Gasteiger partial charge on any atom is -0.343 e. The molecule has 1 aromatic carbocycles. The number of benzene rings is 1. The SMILES string of the molecule is CCCN(CCC)C(=O)CCC(=O)Nc1cc(F)ccc1Sc1nccn1C. The first kappa shape index (κ1) is 21.9. The first-order chi connectivity index (χ1) is 13.4. The van der Waals surface area contributed by atoms with E-state index in [9.17, 15) is 14.0 Å². The Labute approximate surface area is 169 Å². The molecule has 2 aromatic rings. The molecule has 2 amide bonds. The maximum atomic E-state index is 13.7. The van der Waals surface area contributed by atoms with E-state index in [1.54, 1.807) is 17.2 Å². The van der Waals surface area contributed by atoms with Gasteiger partial charge in [0.15, 0.2) is 5.16 Å². The third-order valence-electron chi connectivity index (χ3n) is 4.10. The first-order valence-corrected chi connectivity index (χ1v) is 10.3. The molecule has 0 saturated heterocycles. The molecule has 1 N–H and O–H groups in total. The molecule has 0 radical (unpaired) electrons. The summed E-state index contributed by atoms with van der Waals surface area (Å²) in [5, 5.41) is 3.46. The predicted molar refractivity (Wildman–Crippen MR) is 109 cm³/mol. The average Bonchev–Trinajstić information content (AvgIpc) is 3.06. The van der Waals surface area contributed by atoms with E-state index in [1.165, 1.54) is 23.9 Å². The Balaban J connectivity index is 2.00. The normalized spacial score (nSPS) is 10.7. The number of imidazole rings is 1. The van der Waals surface area contributed by atoms with Crippen molar-refractivity contribution in [3.63, 3.8) is 0 Å². The molecule has 1 aromatic heterocycles. The van der Waals surface area contributed by atoms with E-state index in [2.05, 4.69) is 10.3 Å². The van der Waals surface area contributed by atoms with E-state index >= 15 is 0 Å². The van der Waals surface area contributed by atoms with Crippen molar-refractivity contribution in [2.75, 3.05) is 18.4 Å². The highest BCUT2D eigenvalue weighted by Gasteiger charge is 2.16. The lowest BCUT2D eigenvalue weighted by atomic mass is 10.2. The second-order valence-electron chi connectivity index (χ2n) is 6.49. The van der Waals surface area contributed by atoms with E-state index in [4.69, 9.17) is 0 Å². The molecule has 0 atom stereocenters. The Hall–Kier alpha value is -2.35. The van der Waals surface area contributed by atoms with Crippen molar-refractivity contribution in [1.29, 1.82) is 0 Å². The number of amides is 2. The summed E-state index contributed by atoms with van der Waals surface area (Å²) < 4.78 is 15.5. The molecule has 1 heterocycles. The van der Waals surface area contributed by atoms with Crippen LogP contribution in [0.4, 0.5) is 10.1 Å². The first-order valence-electron chi connectivity index (χ1n) is 9.47. The topological polar surface area (TPSA) is 67.2 Å². The van der Waals surface area contributed by atoms with Gasteiger partial charge in [0.05, 0.1) is 5.69 Å². The van der Waals surface area contributed by atoms with Gasteiger partial charge in [-0.15, -0.1) is 0 Å². The van der Waals surface area contributed by atoms with Gasteiger partial charge in [0.1, 0.15) is 5.82 Å². The third kappa shape index (κ3) is 6.37. The monoisotopic (exact) mass is 406 g/mol. The van der Waals surface area contributed by atoms with Crippen LogP contribution < -0.4 is 5.32 Å². The highest BCUT2D eigenvalue weighted by molar-refractivity contribution is 7.99. The highest BCUT2D eigenvalue weighted by Crippen LogP contribution is 2.33. The summed E-state index contributed by atoms with van der Waals surface area (Å²) in [6.45, 7) is 5.44. The zero-order valence-corrected chi connectivity index (χ0v) is 17.4. The number of rotatable bonds is 10. The van der Waals surface area contributed by atoms with Crippen molar-refractivity contribution in [1.82, 2.24) is 14.5 Å². The Morgan fingerprint density at radius 3 is 2.54 bits per heavy atom. The maximum absolute atomic E-state index is 13.7. The third-order valence-corrected chi connectivity index (χ3v) is 5.25. The molecule has 6 nitrogen and oxygen atoms in total. The van der Waals surface area contributed by atoms with E-state index in [1.807, 2.05) is 31.7 Å². The Bertz CT molecular complexity index is 803. The van der Waals surface area contributed by atoms with Crippen LogP contribution in [0.2, 0.25) is 0 Å². The number of carbonyl (C=O) groups excluding carboxylic acids is 2. The molecule has 28 heavy (non-hydrogen) atoms. The number of aryl methyl sites for hydroxylation is 1. The summed E-state index contributed by atoms with van der Waals surface area (Å²) in [5.74, 6) is -0.776. The molecule has 2 rings (SSSR count). The average molecular weight is 407 g/mol. The second-order valence-corrected chi connectivity index (χ2v) is 7.50. The van der Waals surface area contributed by atoms with Gasteiger partial charge in [-0.2, -0.15) is 0 Å². The standard InChI is InChI=1S/C20H27FN4O2S/c1-4-11-25(12-5-2)19(27)9-8-18(26)23-16-14-15(21)6-7-17(16)28-20-22-10-13-24(20)3/h6-7,10,13-14H,4-5,8-9,11-12H2,1-3H3,(H,23,26). The molecule has 0 saturated carbocycles. The zero-order chi connectivity index (χ0) is 20.5. The fourth-order valence-corrected chi connectivity index (χ4v) is 3.60. The lowest BCUT2D eigenvalue weighted by Gasteiger charge is -2.21. The number of hydrogen-bond acceptors (Lipinski definition) is 4. The van der Waals surface area contributed by atoms with Crippen molar-refractivity contribution in [2.45, 2.75) is 49.6 Å². The summed E-state index contributed by atoms with van der Waals surface area (Å²) in [5.41, 5.74) is 0.379. The number of halogens is 1. The molecule has 0 bridgehead atoms. The molecule has 0 fully saturated rings. The molecule has 0 aliphatic rings. The van der Waals surface area contributed by atoms with Crippen LogP contribution in [-0.4, -0.2) is 39.4 Å². The van der Waals surface area contributed by atoms with Crippen molar-refractivity contribution in [2.24, 2.45) is 7.05 Å². The van der Waals surface area contributed by atoms with Gasteiger partial charge in [-0.05, 0) is 42.8 Å². The Morgan fingerprint density at radius 1 is 1.21 bits per heavy atom. The van der Waals surface area contributed by atoms with Gasteiger partial charge in [0.25, 0.3) is 0 Å². The Morgan fingerprint density at radius 2 is 1.93 bits per heavy atom. The highest BCUT2D eigenvalue weighted by atomic mass is 32.2. The van der Waals surface area contributed by atoms with Gasteiger partial charge < -0.3 is 14.8 Å². The van der Waals surface area contributed by atoms with Crippen molar-refractivity contribution in [3.8, 4) is 0 Å². The summed E-state index contributed by atoms with van der Waals surface area (Å²) in [4.78, 5) is 31.4. The van der Waals surface area contributed by atoms with Crippen LogP contribution in [0.3, 0.4) is 0 Å². The molecule has 0 unspecified atom stereocenters. The van der Waals surface area contributed by atoms with Crippen LogP contribution in [0.15, 0.2) is 40.6 Å². The van der Waals surface area contributed by atoms with E-state index in [-0.39, 0.29) is 24.7 Å². The minimum absolute atomic E-state index is 0.0271. The molecule has 0 aliphatic heterocycles. The number of hydrogen-bond donors (Lipinski definition) is 1. The van der Waals surface area contributed by atoms with Crippen LogP contribution in [0.25, 0.3) is 0 Å². The van der Waals surface area contributed by atoms with Gasteiger partial charge in [0, 0.05) is 50.3 Å². The number of aromatic nitrogens is 2. The molecule has 152 valence electrons. The van der Waals surface area contributed by atoms with Gasteiger partial charge >= 0.3 is 0 Å². The van der Waals surface area contributed by atoms with Gasteiger partial charge in [-0.25, -0.2) is 9.37 Å². The van der Waals surface area contributed by atoms with Crippen molar-refractivity contribution >= 4 is 29.3 Å². The van der Waals surface area contributed by atoms with E-state index in [0.717, 1.165) is 18.0 Å². The van der Waals surface area contributed by atoms with Crippen LogP contribution in [0.1, 0.15) is 39.5 Å². The van der Waals surface area contributed by atoms with Gasteiger partial charge in [-0.3, -0.25) is 9.59 Å². The van der Waals surface area contributed by atoms with Crippen LogP contribution in [-0.2, 0) is 16.6 Å². The second kappa shape index (κ2) is 10.8. The van der Waals surface area contributed by atoms with E-state index in [0.29, 0.717) is 23.7 Å². The van der Waals surface area contributed by atoms with Crippen LogP contribution in [0, 0.1) is 5.82 Å². The molecule has 0 aliphatic carbocycles. The zero-order valence-electron chi connectivity index (χ0n) is 16.6. The molecular weight excluding hydrogens is 379 g/mol. The van der Waals surface area contributed by atoms with E-state index < -0.39 is 5.82 Å². The quantitative estimate of drug-likeness (QED) is 0.646. The fraction of sp³-hybridized carbons (Fsp3) is 0.450. The number of anilines is 1. The van der Waals surface area contributed by atoms with Gasteiger partial charge in [0.2, 0.25) is 11.8 Å². The number of nitrogens with one attached hydrogen (secondary N) is 1. The van der Waals surface area contributed by atoms with Crippen molar-refractivity contribution in [3.05, 3.63) is 36.4 Å². The summed E-state index contributed by atoms with van der Waals surface area (Å²) in [6.07, 6.45) is 5.46. The number of nitrogens with zero attached hydrogens (tertiary/aromatic N) is 3. The largest absolute Gasteiger partial charge is 0.343 e. The minimum atomic E-state index is -0.437. The molecular formula is C20H27FN4O2S. The molecule has 0 spiro atoms. The van der Waals surface area contributed by atoms with Gasteiger partial charge in [-0.1, -0.05) is 13.8 Å². The summed E-state index contributed by atoms with van der Waals surface area (Å²) in [7, 11) is 1.86. The van der Waals surface area contributed by atoms with Crippen molar-refractivity contribution < 1.29 is 14.0 Å². The Kier molecular flexibility index (Phi) is 8.50. The van der Waals surface area contributed by atoms with Crippen LogP contribution in [0.5, 0.6) is 0 Å². The number of carbonyl (C=O) groups is 2. The smallest absolute Gasteiger partial charge is 0.224 e. The lowest BCUT2D eigenvalue weighted by Crippen LogP contribution is -2.33. The maximum Gasteiger partial charge on any atom is 0.224 e. The van der Waals surface area contributed by atoms with Crippen LogP contribution >= 0.6 is 11.8 Å². The molecule has 8 heteroatoms. The fourth-order valence-electron chi connectivity index (χ4n) is 2.73.